The highest BCUT2D eigenvalue weighted by molar-refractivity contribution is 5.62. The van der Waals surface area contributed by atoms with Crippen LogP contribution in [0.2, 0.25) is 0 Å². The molecule has 0 N–H and O–H groups in total. The van der Waals surface area contributed by atoms with E-state index in [0.717, 1.165) is 24.8 Å². The average molecular weight is 193 g/mol. The van der Waals surface area contributed by atoms with Crippen LogP contribution in [0.25, 0.3) is 5.57 Å². The summed E-state index contributed by atoms with van der Waals surface area (Å²) in [6.07, 6.45) is 6.52. The van der Waals surface area contributed by atoms with Crippen molar-refractivity contribution in [3.05, 3.63) is 35.9 Å². The molecule has 0 aliphatic heterocycles. The van der Waals surface area contributed by atoms with Crippen LogP contribution in [-0.2, 0) is 0 Å². The van der Waals surface area contributed by atoms with Crippen LogP contribution in [0.5, 0.6) is 0 Å². The van der Waals surface area contributed by atoms with Crippen LogP contribution < -0.4 is 0 Å². The molecule has 1 aromatic heterocycles. The SMILES string of the molecule is CC/C=C(\CCC)c1ncccc1F. The molecule has 0 aliphatic rings. The molecule has 1 nitrogen and oxygen atoms in total. The minimum absolute atomic E-state index is 0.222. The number of hydrogen-bond donors (Lipinski definition) is 0. The number of pyridine rings is 1. The van der Waals surface area contributed by atoms with Gasteiger partial charge in [-0.2, -0.15) is 0 Å². The van der Waals surface area contributed by atoms with E-state index in [1.54, 1.807) is 12.3 Å². The lowest BCUT2D eigenvalue weighted by Crippen LogP contribution is -1.93. The van der Waals surface area contributed by atoms with E-state index >= 15 is 0 Å². The molecule has 0 radical (unpaired) electrons. The molecule has 1 rings (SSSR count). The first-order valence-electron chi connectivity index (χ1n) is 5.09. The van der Waals surface area contributed by atoms with Crippen molar-refractivity contribution < 1.29 is 4.39 Å². The fourth-order valence-corrected chi connectivity index (χ4v) is 1.45. The summed E-state index contributed by atoms with van der Waals surface area (Å²) in [7, 11) is 0. The van der Waals surface area contributed by atoms with Gasteiger partial charge in [0.15, 0.2) is 0 Å². The van der Waals surface area contributed by atoms with Crippen molar-refractivity contribution in [2.45, 2.75) is 33.1 Å². The van der Waals surface area contributed by atoms with Crippen LogP contribution in [0, 0.1) is 5.82 Å². The first kappa shape index (κ1) is 10.9. The Morgan fingerprint density at radius 1 is 1.50 bits per heavy atom. The van der Waals surface area contributed by atoms with Gasteiger partial charge in [0.2, 0.25) is 0 Å². The molecule has 0 amide bonds. The van der Waals surface area contributed by atoms with E-state index in [1.165, 1.54) is 6.07 Å². The topological polar surface area (TPSA) is 12.9 Å². The summed E-state index contributed by atoms with van der Waals surface area (Å²) < 4.78 is 13.4. The number of nitrogens with zero attached hydrogens (tertiary/aromatic N) is 1. The fourth-order valence-electron chi connectivity index (χ4n) is 1.45. The minimum atomic E-state index is -0.222. The molecule has 1 heterocycles. The molecule has 0 unspecified atom stereocenters. The summed E-state index contributed by atoms with van der Waals surface area (Å²) in [6, 6.07) is 3.08. The summed E-state index contributed by atoms with van der Waals surface area (Å²) >= 11 is 0. The highest BCUT2D eigenvalue weighted by Crippen LogP contribution is 2.20. The molecule has 14 heavy (non-hydrogen) atoms. The Kier molecular flexibility index (Phi) is 4.30. The predicted molar refractivity (Wildman–Crippen MR) is 57.4 cm³/mol. The second-order valence-corrected chi connectivity index (χ2v) is 3.22. The predicted octanol–water partition coefficient (Wildman–Crippen LogP) is 3.81. The Morgan fingerprint density at radius 3 is 2.86 bits per heavy atom. The van der Waals surface area contributed by atoms with Crippen LogP contribution >= 0.6 is 0 Å². The van der Waals surface area contributed by atoms with Crippen molar-refractivity contribution in [3.63, 3.8) is 0 Å². The quantitative estimate of drug-likeness (QED) is 0.708. The summed E-state index contributed by atoms with van der Waals surface area (Å²) in [5, 5.41) is 0. The normalized spacial score (nSPS) is 11.8. The molecule has 0 bridgehead atoms. The summed E-state index contributed by atoms with van der Waals surface area (Å²) in [6.45, 7) is 4.14. The number of halogens is 1. The molecule has 2 heteroatoms. The third-order valence-corrected chi connectivity index (χ3v) is 2.03. The fraction of sp³-hybridized carbons (Fsp3) is 0.417. The van der Waals surface area contributed by atoms with Gasteiger partial charge < -0.3 is 0 Å². The Balaban J connectivity index is 2.99. The van der Waals surface area contributed by atoms with E-state index in [4.69, 9.17) is 0 Å². The van der Waals surface area contributed by atoms with Crippen molar-refractivity contribution >= 4 is 5.57 Å². The van der Waals surface area contributed by atoms with Gasteiger partial charge in [0.1, 0.15) is 11.5 Å². The molecule has 0 fully saturated rings. The van der Waals surface area contributed by atoms with E-state index in [9.17, 15) is 4.39 Å². The molecule has 0 saturated carbocycles. The van der Waals surface area contributed by atoms with E-state index in [0.29, 0.717) is 5.69 Å². The van der Waals surface area contributed by atoms with Crippen molar-refractivity contribution in [3.8, 4) is 0 Å². The third kappa shape index (κ3) is 2.66. The Morgan fingerprint density at radius 2 is 2.29 bits per heavy atom. The molecule has 0 aromatic carbocycles. The third-order valence-electron chi connectivity index (χ3n) is 2.03. The van der Waals surface area contributed by atoms with Crippen LogP contribution in [0.1, 0.15) is 38.8 Å². The second kappa shape index (κ2) is 5.53. The molecule has 0 atom stereocenters. The second-order valence-electron chi connectivity index (χ2n) is 3.22. The van der Waals surface area contributed by atoms with Crippen molar-refractivity contribution in [2.75, 3.05) is 0 Å². The maximum atomic E-state index is 13.4. The number of allylic oxidation sites excluding steroid dienone is 2. The van der Waals surface area contributed by atoms with Crippen LogP contribution in [0.15, 0.2) is 24.4 Å². The Hall–Kier alpha value is -1.18. The smallest absolute Gasteiger partial charge is 0.149 e. The van der Waals surface area contributed by atoms with Gasteiger partial charge in [-0.1, -0.05) is 26.3 Å². The Labute approximate surface area is 84.7 Å². The van der Waals surface area contributed by atoms with Crippen molar-refractivity contribution in [1.29, 1.82) is 0 Å². The zero-order valence-electron chi connectivity index (χ0n) is 8.76. The minimum Gasteiger partial charge on any atom is -0.254 e. The number of hydrogen-bond acceptors (Lipinski definition) is 1. The monoisotopic (exact) mass is 193 g/mol. The summed E-state index contributed by atoms with van der Waals surface area (Å²) in [4.78, 5) is 4.07. The van der Waals surface area contributed by atoms with Gasteiger partial charge >= 0.3 is 0 Å². The van der Waals surface area contributed by atoms with E-state index in [1.807, 2.05) is 0 Å². The first-order chi connectivity index (χ1) is 6.79. The molecule has 0 saturated heterocycles. The maximum Gasteiger partial charge on any atom is 0.149 e. The number of aromatic nitrogens is 1. The molecule has 0 spiro atoms. The van der Waals surface area contributed by atoms with E-state index in [-0.39, 0.29) is 5.82 Å². The van der Waals surface area contributed by atoms with Gasteiger partial charge in [-0.3, -0.25) is 4.98 Å². The highest BCUT2D eigenvalue weighted by atomic mass is 19.1. The van der Waals surface area contributed by atoms with Gasteiger partial charge in [0, 0.05) is 6.20 Å². The highest BCUT2D eigenvalue weighted by Gasteiger charge is 2.06. The molecular formula is C12H16FN. The van der Waals surface area contributed by atoms with E-state index < -0.39 is 0 Å². The lowest BCUT2D eigenvalue weighted by Gasteiger charge is -2.05. The lowest BCUT2D eigenvalue weighted by molar-refractivity contribution is 0.615. The van der Waals surface area contributed by atoms with Crippen molar-refractivity contribution in [1.82, 2.24) is 4.98 Å². The number of rotatable bonds is 4. The zero-order valence-corrected chi connectivity index (χ0v) is 8.76. The van der Waals surface area contributed by atoms with Crippen LogP contribution in [0.4, 0.5) is 4.39 Å². The molecular weight excluding hydrogens is 177 g/mol. The van der Waals surface area contributed by atoms with Crippen molar-refractivity contribution in [2.24, 2.45) is 0 Å². The van der Waals surface area contributed by atoms with Gasteiger partial charge in [0.25, 0.3) is 0 Å². The van der Waals surface area contributed by atoms with Gasteiger partial charge in [-0.15, -0.1) is 0 Å². The van der Waals surface area contributed by atoms with Gasteiger partial charge in [-0.05, 0) is 30.5 Å². The molecule has 76 valence electrons. The van der Waals surface area contributed by atoms with Gasteiger partial charge in [0.05, 0.1) is 0 Å². The first-order valence-corrected chi connectivity index (χ1v) is 5.09. The average Bonchev–Trinajstić information content (AvgIpc) is 2.18. The molecule has 0 aliphatic carbocycles. The van der Waals surface area contributed by atoms with Crippen LogP contribution in [0.3, 0.4) is 0 Å². The van der Waals surface area contributed by atoms with Gasteiger partial charge in [-0.25, -0.2) is 4.39 Å². The maximum absolute atomic E-state index is 13.4. The van der Waals surface area contributed by atoms with Crippen LogP contribution in [-0.4, -0.2) is 4.98 Å². The summed E-state index contributed by atoms with van der Waals surface area (Å²) in [5.74, 6) is -0.222. The van der Waals surface area contributed by atoms with E-state index in [2.05, 4.69) is 24.9 Å². The standard InChI is InChI=1S/C12H16FN/c1-3-6-10(7-4-2)12-11(13)8-5-9-14-12/h5-6,8-9H,3-4,7H2,1-2H3/b10-6+. The summed E-state index contributed by atoms with van der Waals surface area (Å²) in [5.41, 5.74) is 1.53. The zero-order chi connectivity index (χ0) is 10.4. The Bertz CT molecular complexity index is 318. The molecule has 1 aromatic rings. The largest absolute Gasteiger partial charge is 0.254 e. The lowest BCUT2D eigenvalue weighted by atomic mass is 10.1.